The van der Waals surface area contributed by atoms with Gasteiger partial charge in [-0.15, -0.1) is 0 Å². The largest absolute Gasteiger partial charge is 0.390 e. The molecule has 7 atom stereocenters. The van der Waals surface area contributed by atoms with E-state index in [1.165, 1.54) is 56.9 Å². The molecule has 0 aromatic carbocycles. The van der Waals surface area contributed by atoms with Gasteiger partial charge in [0.1, 0.15) is 0 Å². The van der Waals surface area contributed by atoms with Crippen molar-refractivity contribution >= 4 is 21.7 Å². The van der Waals surface area contributed by atoms with Crippen LogP contribution < -0.4 is 0 Å². The van der Waals surface area contributed by atoms with Gasteiger partial charge in [0.15, 0.2) is 5.78 Å². The monoisotopic (exact) mass is 478 g/mol. The predicted molar refractivity (Wildman–Crippen MR) is 128 cm³/mol. The lowest BCUT2D eigenvalue weighted by molar-refractivity contribution is -0.135. The highest BCUT2D eigenvalue weighted by atomic mass is 79.9. The Bertz CT molecular complexity index is 682. The van der Waals surface area contributed by atoms with Gasteiger partial charge in [-0.05, 0) is 98.9 Å². The molecule has 0 aliphatic heterocycles. The van der Waals surface area contributed by atoms with Crippen molar-refractivity contribution in [1.82, 2.24) is 0 Å². The molecule has 0 spiro atoms. The Morgan fingerprint density at radius 2 is 1.70 bits per heavy atom. The summed E-state index contributed by atoms with van der Waals surface area (Å²) in [6.45, 7) is 6.99. The molecule has 0 heterocycles. The summed E-state index contributed by atoms with van der Waals surface area (Å²) in [4.78, 5) is 12.3. The summed E-state index contributed by atoms with van der Waals surface area (Å²) >= 11 is 3.55. The maximum Gasteiger partial charge on any atom is 0.155 e. The number of ketones is 1. The molecule has 4 aliphatic carbocycles. The predicted octanol–water partition coefficient (Wildman–Crippen LogP) is 7.23. The van der Waals surface area contributed by atoms with E-state index in [1.807, 2.05) is 0 Å². The van der Waals surface area contributed by atoms with E-state index in [2.05, 4.69) is 42.8 Å². The van der Waals surface area contributed by atoms with Crippen molar-refractivity contribution in [3.63, 3.8) is 0 Å². The van der Waals surface area contributed by atoms with Crippen LogP contribution in [-0.2, 0) is 4.79 Å². The number of alkyl halides is 1. The Hall–Kier alpha value is -0.150. The Morgan fingerprint density at radius 1 is 1.00 bits per heavy atom. The molecule has 0 aromatic heterocycles. The molecular weight excluding hydrogens is 436 g/mol. The van der Waals surface area contributed by atoms with Crippen molar-refractivity contribution in [2.24, 2.45) is 34.5 Å². The number of halogens is 1. The van der Waals surface area contributed by atoms with Crippen LogP contribution >= 0.6 is 15.9 Å². The van der Waals surface area contributed by atoms with Crippen LogP contribution in [-0.4, -0.2) is 21.8 Å². The molecule has 3 saturated carbocycles. The van der Waals surface area contributed by atoms with Crippen LogP contribution in [0.1, 0.15) is 104 Å². The van der Waals surface area contributed by atoms with Gasteiger partial charge < -0.3 is 5.11 Å². The molecule has 0 aromatic rings. The summed E-state index contributed by atoms with van der Waals surface area (Å²) in [5.74, 6) is 3.15. The zero-order valence-electron chi connectivity index (χ0n) is 19.5. The number of rotatable bonds is 7. The van der Waals surface area contributed by atoms with Gasteiger partial charge in [0.25, 0.3) is 0 Å². The Labute approximate surface area is 192 Å². The van der Waals surface area contributed by atoms with E-state index >= 15 is 0 Å². The fraction of sp³-hybridized carbons (Fsp3) is 0.889. The van der Waals surface area contributed by atoms with Crippen LogP contribution in [0.4, 0.5) is 0 Å². The maximum atomic E-state index is 12.3. The van der Waals surface area contributed by atoms with E-state index < -0.39 is 5.60 Å². The normalized spacial score (nSPS) is 45.5. The van der Waals surface area contributed by atoms with Gasteiger partial charge in [-0.2, -0.15) is 0 Å². The Morgan fingerprint density at radius 3 is 2.47 bits per heavy atom. The molecule has 2 unspecified atom stereocenters. The van der Waals surface area contributed by atoms with E-state index in [1.54, 1.807) is 0 Å². The number of hydrogen-bond donors (Lipinski definition) is 1. The smallest absolute Gasteiger partial charge is 0.155 e. The van der Waals surface area contributed by atoms with Gasteiger partial charge in [-0.25, -0.2) is 0 Å². The van der Waals surface area contributed by atoms with Gasteiger partial charge in [0, 0.05) is 11.8 Å². The van der Waals surface area contributed by atoms with E-state index in [0.717, 1.165) is 43.4 Å². The first-order valence-corrected chi connectivity index (χ1v) is 13.9. The van der Waals surface area contributed by atoms with Gasteiger partial charge in [-0.3, -0.25) is 4.79 Å². The molecule has 3 fully saturated rings. The summed E-state index contributed by atoms with van der Waals surface area (Å²) in [7, 11) is 0. The number of aliphatic hydroxyl groups is 1. The van der Waals surface area contributed by atoms with Gasteiger partial charge >= 0.3 is 0 Å². The highest BCUT2D eigenvalue weighted by Crippen LogP contribution is 2.69. The zero-order chi connectivity index (χ0) is 21.6. The highest BCUT2D eigenvalue weighted by Gasteiger charge is 2.64. The second-order valence-electron chi connectivity index (χ2n) is 11.8. The number of fused-ring (bicyclic) bond motifs is 5. The van der Waals surface area contributed by atoms with Gasteiger partial charge in [0.05, 0.1) is 5.60 Å². The van der Waals surface area contributed by atoms with Crippen molar-refractivity contribution in [2.45, 2.75) is 110 Å². The van der Waals surface area contributed by atoms with Crippen LogP contribution in [0, 0.1) is 34.5 Å². The molecule has 3 heteroatoms. The lowest BCUT2D eigenvalue weighted by atomic mass is 9.44. The van der Waals surface area contributed by atoms with Crippen molar-refractivity contribution in [3.05, 3.63) is 11.6 Å². The van der Waals surface area contributed by atoms with Crippen molar-refractivity contribution in [1.29, 1.82) is 0 Å². The SMILES string of the molecule is CC1(O)CC[C@H]2[C@@H]3C(CCCCCCCBr)CC4=CC(=O)CC[C@]4(C)[C@@H]3CC[C@@]21C. The fourth-order valence-corrected chi connectivity index (χ4v) is 8.67. The minimum absolute atomic E-state index is 0.0738. The molecule has 0 saturated heterocycles. The first kappa shape index (κ1) is 23.0. The lowest BCUT2D eigenvalue weighted by Gasteiger charge is -2.61. The zero-order valence-corrected chi connectivity index (χ0v) is 21.1. The minimum Gasteiger partial charge on any atom is -0.390 e. The topological polar surface area (TPSA) is 37.3 Å². The third-order valence-corrected chi connectivity index (χ3v) is 11.0. The summed E-state index contributed by atoms with van der Waals surface area (Å²) in [5.41, 5.74) is 1.27. The van der Waals surface area contributed by atoms with Crippen molar-refractivity contribution in [2.75, 3.05) is 5.33 Å². The average Bonchev–Trinajstić information content (AvgIpc) is 2.95. The first-order valence-electron chi connectivity index (χ1n) is 12.8. The van der Waals surface area contributed by atoms with Gasteiger partial charge in [0.2, 0.25) is 0 Å². The molecule has 1 N–H and O–H groups in total. The molecule has 2 nitrogen and oxygen atoms in total. The van der Waals surface area contributed by atoms with Crippen molar-refractivity contribution in [3.8, 4) is 0 Å². The second-order valence-corrected chi connectivity index (χ2v) is 12.6. The number of hydrogen-bond acceptors (Lipinski definition) is 2. The standard InChI is InChI=1S/C27H43BrO2/c1-25-13-10-21(29)18-20(25)17-19(9-7-5-4-6-8-16-28)24-22(25)11-14-26(2)23(24)12-15-27(26,3)30/h18-19,22-24,30H,4-17H2,1-3H3/t19?,22-,23+,24-,25+,26+,27?/m1/s1. The lowest BCUT2D eigenvalue weighted by Crippen LogP contribution is -2.56. The Kier molecular flexibility index (Phi) is 6.64. The van der Waals surface area contributed by atoms with E-state index in [0.29, 0.717) is 23.5 Å². The average molecular weight is 480 g/mol. The summed E-state index contributed by atoms with van der Waals surface area (Å²) in [6, 6.07) is 0. The molecule has 0 radical (unpaired) electrons. The van der Waals surface area contributed by atoms with Crippen molar-refractivity contribution < 1.29 is 9.90 Å². The molecule has 4 aliphatic rings. The molecule has 4 rings (SSSR count). The van der Waals surface area contributed by atoms with Crippen LogP contribution in [0.25, 0.3) is 0 Å². The van der Waals surface area contributed by atoms with Crippen LogP contribution in [0.3, 0.4) is 0 Å². The summed E-state index contributed by atoms with van der Waals surface area (Å²) in [6.07, 6.45) is 17.5. The fourth-order valence-electron chi connectivity index (χ4n) is 8.28. The summed E-state index contributed by atoms with van der Waals surface area (Å²) in [5, 5.41) is 12.4. The van der Waals surface area contributed by atoms with E-state index in [9.17, 15) is 9.90 Å². The molecule has 170 valence electrons. The third-order valence-electron chi connectivity index (χ3n) is 10.4. The third kappa shape index (κ3) is 3.78. The minimum atomic E-state index is -0.511. The second kappa shape index (κ2) is 8.65. The highest BCUT2D eigenvalue weighted by molar-refractivity contribution is 9.09. The number of carbonyl (C=O) groups excluding carboxylic acids is 1. The molecule has 0 bridgehead atoms. The molecule has 30 heavy (non-hydrogen) atoms. The molecule has 0 amide bonds. The van der Waals surface area contributed by atoms with Crippen LogP contribution in [0.5, 0.6) is 0 Å². The van der Waals surface area contributed by atoms with Crippen LogP contribution in [0.15, 0.2) is 11.6 Å². The quantitative estimate of drug-likeness (QED) is 0.309. The summed E-state index contributed by atoms with van der Waals surface area (Å²) < 4.78 is 0. The van der Waals surface area contributed by atoms with E-state index in [-0.39, 0.29) is 10.8 Å². The maximum absolute atomic E-state index is 12.3. The first-order chi connectivity index (χ1) is 14.2. The van der Waals surface area contributed by atoms with Crippen LogP contribution in [0.2, 0.25) is 0 Å². The Balaban J connectivity index is 1.57. The number of allylic oxidation sites excluding steroid dienone is 1. The molecular formula is C27H43BrO2. The number of carbonyl (C=O) groups is 1. The van der Waals surface area contributed by atoms with Gasteiger partial charge in [-0.1, -0.05) is 61.0 Å². The number of unbranched alkanes of at least 4 members (excludes halogenated alkanes) is 4. The van der Waals surface area contributed by atoms with E-state index in [4.69, 9.17) is 0 Å².